The zero-order valence-electron chi connectivity index (χ0n) is 11.0. The summed E-state index contributed by atoms with van der Waals surface area (Å²) in [5, 5.41) is 0. The van der Waals surface area contributed by atoms with Gasteiger partial charge in [-0.2, -0.15) is 0 Å². The minimum atomic E-state index is -1.09. The fourth-order valence-corrected chi connectivity index (χ4v) is 1.50. The van der Waals surface area contributed by atoms with Crippen LogP contribution in [0.15, 0.2) is 30.3 Å². The fourth-order valence-electron chi connectivity index (χ4n) is 1.50. The maximum atomic E-state index is 11.6. The van der Waals surface area contributed by atoms with Gasteiger partial charge in [-0.1, -0.05) is 30.3 Å². The van der Waals surface area contributed by atoms with E-state index in [4.69, 9.17) is 4.74 Å². The number of hydrogen-bond acceptors (Lipinski definition) is 5. The number of hydrogen-bond donors (Lipinski definition) is 1. The van der Waals surface area contributed by atoms with Crippen LogP contribution in [0.4, 0.5) is 0 Å². The van der Waals surface area contributed by atoms with E-state index in [1.165, 1.54) is 14.2 Å². The molecule has 1 aromatic rings. The quantitative estimate of drug-likeness (QED) is 0.704. The van der Waals surface area contributed by atoms with Crippen LogP contribution in [0.3, 0.4) is 0 Å². The average molecular weight is 268 g/mol. The van der Waals surface area contributed by atoms with Crippen LogP contribution in [0.2, 0.25) is 0 Å². The van der Waals surface area contributed by atoms with E-state index in [1.54, 1.807) is 0 Å². The normalized spacial score (nSPS) is 13.4. The molecule has 104 valence electrons. The predicted octanol–water partition coefficient (Wildman–Crippen LogP) is -0.472. The van der Waals surface area contributed by atoms with E-state index in [9.17, 15) is 9.59 Å². The Bertz CT molecular complexity index is 420. The molecule has 0 unspecified atom stereocenters. The lowest BCUT2D eigenvalue weighted by atomic mass is 10.1. The standard InChI is InChI=1S/C13H17NO5/c1-17-12(15)10(14)11(13(16)18-2)19-8-9-6-4-3-5-7-9/h3-7,10-11H,8,14H2,1-2H3/p+1/t10-,11-/m0/s1. The van der Waals surface area contributed by atoms with Crippen molar-refractivity contribution in [3.8, 4) is 0 Å². The summed E-state index contributed by atoms with van der Waals surface area (Å²) in [5.41, 5.74) is 4.47. The van der Waals surface area contributed by atoms with Crippen molar-refractivity contribution in [1.82, 2.24) is 0 Å². The van der Waals surface area contributed by atoms with Crippen molar-refractivity contribution in [2.24, 2.45) is 0 Å². The van der Waals surface area contributed by atoms with Crippen molar-refractivity contribution >= 4 is 11.9 Å². The molecule has 0 saturated heterocycles. The third-order valence-electron chi connectivity index (χ3n) is 2.58. The molecular weight excluding hydrogens is 250 g/mol. The molecule has 0 radical (unpaired) electrons. The topological polar surface area (TPSA) is 89.5 Å². The summed E-state index contributed by atoms with van der Waals surface area (Å²) in [6.45, 7) is 0.184. The molecule has 1 rings (SSSR count). The molecule has 1 aromatic carbocycles. The first-order valence-electron chi connectivity index (χ1n) is 5.74. The summed E-state index contributed by atoms with van der Waals surface area (Å²) in [4.78, 5) is 23.0. The summed E-state index contributed by atoms with van der Waals surface area (Å²) < 4.78 is 14.6. The molecule has 0 spiro atoms. The number of carbonyl (C=O) groups excluding carboxylic acids is 2. The van der Waals surface area contributed by atoms with E-state index in [2.05, 4.69) is 15.2 Å². The highest BCUT2D eigenvalue weighted by molar-refractivity contribution is 5.85. The number of methoxy groups -OCH3 is 2. The molecule has 0 aliphatic rings. The molecule has 0 saturated carbocycles. The maximum Gasteiger partial charge on any atom is 0.367 e. The van der Waals surface area contributed by atoms with Crippen LogP contribution in [0.1, 0.15) is 5.56 Å². The van der Waals surface area contributed by atoms with Gasteiger partial charge in [0.25, 0.3) is 0 Å². The molecule has 0 amide bonds. The number of ether oxygens (including phenoxy) is 3. The predicted molar refractivity (Wildman–Crippen MR) is 65.7 cm³/mol. The summed E-state index contributed by atoms with van der Waals surface area (Å²) in [6.07, 6.45) is -1.09. The Morgan fingerprint density at radius 2 is 1.68 bits per heavy atom. The third kappa shape index (κ3) is 4.35. The van der Waals surface area contributed by atoms with Crippen molar-refractivity contribution in [2.45, 2.75) is 18.8 Å². The first kappa shape index (κ1) is 15.1. The molecule has 6 heteroatoms. The van der Waals surface area contributed by atoms with E-state index in [1.807, 2.05) is 30.3 Å². The van der Waals surface area contributed by atoms with Gasteiger partial charge in [-0.25, -0.2) is 9.59 Å². The Morgan fingerprint density at radius 1 is 1.11 bits per heavy atom. The van der Waals surface area contributed by atoms with E-state index in [-0.39, 0.29) is 6.61 Å². The van der Waals surface area contributed by atoms with Crippen LogP contribution >= 0.6 is 0 Å². The lowest BCUT2D eigenvalue weighted by Crippen LogP contribution is -2.72. The van der Waals surface area contributed by atoms with Crippen LogP contribution < -0.4 is 5.73 Å². The number of esters is 2. The summed E-state index contributed by atoms with van der Waals surface area (Å²) in [6, 6.07) is 8.32. The zero-order valence-corrected chi connectivity index (χ0v) is 11.0. The third-order valence-corrected chi connectivity index (χ3v) is 2.58. The highest BCUT2D eigenvalue weighted by Crippen LogP contribution is 2.07. The zero-order chi connectivity index (χ0) is 14.3. The largest absolute Gasteiger partial charge is 0.467 e. The Balaban J connectivity index is 2.70. The second-order valence-electron chi connectivity index (χ2n) is 3.87. The van der Waals surface area contributed by atoms with Crippen LogP contribution in [0, 0.1) is 0 Å². The number of rotatable bonds is 6. The van der Waals surface area contributed by atoms with Gasteiger partial charge in [-0.15, -0.1) is 0 Å². The van der Waals surface area contributed by atoms with Gasteiger partial charge in [-0.05, 0) is 5.56 Å². The second kappa shape index (κ2) is 7.50. The SMILES string of the molecule is COC(=O)[C@@H]([NH3+])[C@H](OCc1ccccc1)C(=O)OC. The van der Waals surface area contributed by atoms with Crippen molar-refractivity contribution in [3.05, 3.63) is 35.9 Å². The van der Waals surface area contributed by atoms with Gasteiger partial charge in [0, 0.05) is 0 Å². The van der Waals surface area contributed by atoms with E-state index < -0.39 is 24.1 Å². The van der Waals surface area contributed by atoms with Gasteiger partial charge >= 0.3 is 11.9 Å². The van der Waals surface area contributed by atoms with E-state index in [0.717, 1.165) is 5.56 Å². The molecule has 0 aliphatic carbocycles. The molecule has 0 fully saturated rings. The fraction of sp³-hybridized carbons (Fsp3) is 0.385. The molecular formula is C13H18NO5+. The molecule has 0 heterocycles. The van der Waals surface area contributed by atoms with Crippen LogP contribution in [0.5, 0.6) is 0 Å². The minimum Gasteiger partial charge on any atom is -0.467 e. The monoisotopic (exact) mass is 268 g/mol. The van der Waals surface area contributed by atoms with Crippen LogP contribution in [-0.4, -0.2) is 38.3 Å². The molecule has 2 atom stereocenters. The molecule has 0 aliphatic heterocycles. The highest BCUT2D eigenvalue weighted by atomic mass is 16.6. The molecule has 3 N–H and O–H groups in total. The van der Waals surface area contributed by atoms with Crippen molar-refractivity contribution in [3.63, 3.8) is 0 Å². The number of quaternary nitrogens is 1. The Morgan fingerprint density at radius 3 is 2.21 bits per heavy atom. The highest BCUT2D eigenvalue weighted by Gasteiger charge is 2.36. The Kier molecular flexibility index (Phi) is 5.98. The smallest absolute Gasteiger partial charge is 0.367 e. The number of benzene rings is 1. The van der Waals surface area contributed by atoms with Gasteiger partial charge in [0.15, 0.2) is 0 Å². The summed E-state index contributed by atoms with van der Waals surface area (Å²) >= 11 is 0. The lowest BCUT2D eigenvalue weighted by Gasteiger charge is -2.17. The minimum absolute atomic E-state index is 0.184. The van der Waals surface area contributed by atoms with Gasteiger partial charge < -0.3 is 19.9 Å². The van der Waals surface area contributed by atoms with Gasteiger partial charge in [0.1, 0.15) is 0 Å². The molecule has 19 heavy (non-hydrogen) atoms. The van der Waals surface area contributed by atoms with Crippen molar-refractivity contribution in [1.29, 1.82) is 0 Å². The Labute approximate surface area is 111 Å². The molecule has 0 aromatic heterocycles. The summed E-state index contributed by atoms with van der Waals surface area (Å²) in [7, 11) is 2.46. The number of carbonyl (C=O) groups is 2. The van der Waals surface area contributed by atoms with Crippen molar-refractivity contribution < 1.29 is 29.5 Å². The lowest BCUT2D eigenvalue weighted by molar-refractivity contribution is -0.424. The van der Waals surface area contributed by atoms with Crippen LogP contribution in [0.25, 0.3) is 0 Å². The van der Waals surface area contributed by atoms with E-state index >= 15 is 0 Å². The van der Waals surface area contributed by atoms with Gasteiger partial charge in [-0.3, -0.25) is 0 Å². The average Bonchev–Trinajstić information content (AvgIpc) is 2.47. The summed E-state index contributed by atoms with van der Waals surface area (Å²) in [5.74, 6) is -1.27. The second-order valence-corrected chi connectivity index (χ2v) is 3.87. The van der Waals surface area contributed by atoms with Crippen LogP contribution in [-0.2, 0) is 30.4 Å². The maximum absolute atomic E-state index is 11.6. The van der Waals surface area contributed by atoms with Crippen molar-refractivity contribution in [2.75, 3.05) is 14.2 Å². The molecule has 6 nitrogen and oxygen atoms in total. The molecule has 0 bridgehead atoms. The van der Waals surface area contributed by atoms with Gasteiger partial charge in [0.2, 0.25) is 12.1 Å². The van der Waals surface area contributed by atoms with E-state index in [0.29, 0.717) is 0 Å². The first-order valence-corrected chi connectivity index (χ1v) is 5.74. The Hall–Kier alpha value is -1.92. The van der Waals surface area contributed by atoms with Gasteiger partial charge in [0.05, 0.1) is 20.8 Å². The first-order chi connectivity index (χ1) is 9.10.